The minimum absolute atomic E-state index is 0.302. The van der Waals surface area contributed by atoms with Gasteiger partial charge in [-0.25, -0.2) is 5.48 Å². The van der Waals surface area contributed by atoms with Gasteiger partial charge >= 0.3 is 5.97 Å². The van der Waals surface area contributed by atoms with Crippen LogP contribution in [0.25, 0.3) is 11.1 Å². The van der Waals surface area contributed by atoms with Crippen molar-refractivity contribution in [3.63, 3.8) is 0 Å². The van der Waals surface area contributed by atoms with Crippen LogP contribution in [0.3, 0.4) is 0 Å². The zero-order valence-corrected chi connectivity index (χ0v) is 25.6. The second-order valence-electron chi connectivity index (χ2n) is 10.9. The van der Waals surface area contributed by atoms with Crippen LogP contribution in [-0.2, 0) is 24.8 Å². The first-order valence-corrected chi connectivity index (χ1v) is 15.2. The molecule has 7 nitrogen and oxygen atoms in total. The van der Waals surface area contributed by atoms with Gasteiger partial charge in [-0.2, -0.15) is 0 Å². The second-order valence-corrected chi connectivity index (χ2v) is 10.9. The minimum Gasteiger partial charge on any atom is -0.481 e. The zero-order valence-electron chi connectivity index (χ0n) is 25.6. The lowest BCUT2D eigenvalue weighted by atomic mass is 9.80. The average Bonchev–Trinajstić information content (AvgIpc) is 3.10. The van der Waals surface area contributed by atoms with Gasteiger partial charge in [-0.05, 0) is 46.9 Å². The first-order chi connectivity index (χ1) is 22.4. The summed E-state index contributed by atoms with van der Waals surface area (Å²) in [6.45, 7) is 2.12. The van der Waals surface area contributed by atoms with Crippen LogP contribution in [0.1, 0.15) is 36.5 Å². The predicted molar refractivity (Wildman–Crippen MR) is 179 cm³/mol. The van der Waals surface area contributed by atoms with Crippen LogP contribution in [-0.4, -0.2) is 29.4 Å². The quantitative estimate of drug-likeness (QED) is 0.108. The van der Waals surface area contributed by atoms with Crippen molar-refractivity contribution in [3.8, 4) is 11.1 Å². The van der Waals surface area contributed by atoms with E-state index in [0.29, 0.717) is 12.2 Å². The largest absolute Gasteiger partial charge is 0.481 e. The van der Waals surface area contributed by atoms with E-state index in [9.17, 15) is 19.5 Å². The summed E-state index contributed by atoms with van der Waals surface area (Å²) >= 11 is 0. The third kappa shape index (κ3) is 7.22. The molecule has 1 unspecified atom stereocenters. The highest BCUT2D eigenvalue weighted by molar-refractivity contribution is 5.99. The Morgan fingerprint density at radius 2 is 1.09 bits per heavy atom. The first kappa shape index (κ1) is 31.9. The van der Waals surface area contributed by atoms with Crippen LogP contribution in [0.4, 0.5) is 5.69 Å². The highest BCUT2D eigenvalue weighted by atomic mass is 16.7. The number of hydrogen-bond donors (Lipinski definition) is 2. The number of amides is 2. The molecule has 5 rings (SSSR count). The number of nitrogens with one attached hydrogen (secondary N) is 1. The lowest BCUT2D eigenvalue weighted by molar-refractivity contribution is -0.147. The van der Waals surface area contributed by atoms with Gasteiger partial charge < -0.3 is 10.0 Å². The van der Waals surface area contributed by atoms with Gasteiger partial charge in [0.2, 0.25) is 11.8 Å². The van der Waals surface area contributed by atoms with Gasteiger partial charge in [0.15, 0.2) is 5.60 Å². The second kappa shape index (κ2) is 15.0. The number of aliphatic carboxylic acids is 1. The molecule has 1 atom stereocenters. The third-order valence-corrected chi connectivity index (χ3v) is 7.93. The van der Waals surface area contributed by atoms with Gasteiger partial charge in [-0.1, -0.05) is 133 Å². The predicted octanol–water partition coefficient (Wildman–Crippen LogP) is 7.23. The van der Waals surface area contributed by atoms with Crippen LogP contribution >= 0.6 is 0 Å². The van der Waals surface area contributed by atoms with Gasteiger partial charge in [-0.15, -0.1) is 0 Å². The number of benzene rings is 5. The summed E-state index contributed by atoms with van der Waals surface area (Å²) in [5.74, 6) is -3.35. The first-order valence-electron chi connectivity index (χ1n) is 15.2. The molecule has 0 fully saturated rings. The molecule has 2 amide bonds. The number of hydroxylamine groups is 1. The summed E-state index contributed by atoms with van der Waals surface area (Å²) < 4.78 is 0. The number of carbonyl (C=O) groups is 3. The number of carbonyl (C=O) groups excluding carboxylic acids is 2. The fourth-order valence-electron chi connectivity index (χ4n) is 5.70. The van der Waals surface area contributed by atoms with E-state index in [4.69, 9.17) is 4.84 Å². The van der Waals surface area contributed by atoms with E-state index in [1.807, 2.05) is 153 Å². The SMILES string of the molecule is CCN(C(=O)C(CC(=O)O)CC(=O)NOC(c1ccccc1)(c1ccccc1)c1ccccc1)c1ccc(-c2ccccc2)cc1. The Balaban J connectivity index is 1.39. The van der Waals surface area contributed by atoms with E-state index < -0.39 is 35.7 Å². The number of hydrogen-bond acceptors (Lipinski definition) is 4. The van der Waals surface area contributed by atoms with Crippen molar-refractivity contribution in [2.45, 2.75) is 25.4 Å². The highest BCUT2D eigenvalue weighted by Gasteiger charge is 2.39. The van der Waals surface area contributed by atoms with Crippen molar-refractivity contribution in [1.29, 1.82) is 0 Å². The molecule has 5 aromatic carbocycles. The molecule has 5 aromatic rings. The molecule has 0 heterocycles. The molecule has 0 aliphatic heterocycles. The molecule has 0 aliphatic rings. The monoisotopic (exact) mass is 612 g/mol. The van der Waals surface area contributed by atoms with E-state index in [2.05, 4.69) is 5.48 Å². The van der Waals surface area contributed by atoms with Crippen molar-refractivity contribution in [2.24, 2.45) is 5.92 Å². The van der Waals surface area contributed by atoms with Crippen LogP contribution in [0.15, 0.2) is 146 Å². The molecule has 0 saturated heterocycles. The van der Waals surface area contributed by atoms with Gasteiger partial charge in [-0.3, -0.25) is 19.2 Å². The van der Waals surface area contributed by atoms with Crippen molar-refractivity contribution in [3.05, 3.63) is 162 Å². The molecule has 0 bridgehead atoms. The summed E-state index contributed by atoms with van der Waals surface area (Å²) in [4.78, 5) is 47.1. The molecule has 46 heavy (non-hydrogen) atoms. The van der Waals surface area contributed by atoms with Crippen LogP contribution in [0, 0.1) is 5.92 Å². The third-order valence-electron chi connectivity index (χ3n) is 7.93. The summed E-state index contributed by atoms with van der Waals surface area (Å²) in [7, 11) is 0. The smallest absolute Gasteiger partial charge is 0.304 e. The number of carboxylic acid groups (broad SMARTS) is 1. The van der Waals surface area contributed by atoms with E-state index in [0.717, 1.165) is 27.8 Å². The fraction of sp³-hybridized carbons (Fsp3) is 0.154. The topological polar surface area (TPSA) is 95.9 Å². The maximum Gasteiger partial charge on any atom is 0.304 e. The molecule has 0 spiro atoms. The fourth-order valence-corrected chi connectivity index (χ4v) is 5.70. The number of rotatable bonds is 13. The van der Waals surface area contributed by atoms with Crippen molar-refractivity contribution < 1.29 is 24.3 Å². The molecule has 7 heteroatoms. The van der Waals surface area contributed by atoms with Gasteiger partial charge in [0.05, 0.1) is 12.3 Å². The molecule has 232 valence electrons. The molecule has 0 aliphatic carbocycles. The molecule has 0 aromatic heterocycles. The zero-order chi connectivity index (χ0) is 32.4. The molecule has 0 saturated carbocycles. The summed E-state index contributed by atoms with van der Waals surface area (Å²) in [6, 6.07) is 46.0. The summed E-state index contributed by atoms with van der Waals surface area (Å²) in [5, 5.41) is 9.70. The van der Waals surface area contributed by atoms with Crippen LogP contribution in [0.2, 0.25) is 0 Å². The number of nitrogens with zero attached hydrogens (tertiary/aromatic N) is 1. The highest BCUT2D eigenvalue weighted by Crippen LogP contribution is 2.39. The molecular weight excluding hydrogens is 576 g/mol. The van der Waals surface area contributed by atoms with Gasteiger partial charge in [0.25, 0.3) is 0 Å². The van der Waals surface area contributed by atoms with Crippen molar-refractivity contribution >= 4 is 23.5 Å². The Kier molecular flexibility index (Phi) is 10.4. The maximum absolute atomic E-state index is 13.8. The van der Waals surface area contributed by atoms with Crippen molar-refractivity contribution in [1.82, 2.24) is 5.48 Å². The molecule has 0 radical (unpaired) electrons. The van der Waals surface area contributed by atoms with E-state index in [1.165, 1.54) is 4.90 Å². The Bertz CT molecular complexity index is 1630. The number of anilines is 1. The Morgan fingerprint density at radius 1 is 0.652 bits per heavy atom. The minimum atomic E-state index is -1.22. The lowest BCUT2D eigenvalue weighted by Gasteiger charge is -2.35. The van der Waals surface area contributed by atoms with E-state index in [1.54, 1.807) is 0 Å². The summed E-state index contributed by atoms with van der Waals surface area (Å²) in [5.41, 5.74) is 6.37. The van der Waals surface area contributed by atoms with Crippen molar-refractivity contribution in [2.75, 3.05) is 11.4 Å². The normalized spacial score (nSPS) is 11.8. The average molecular weight is 613 g/mol. The van der Waals surface area contributed by atoms with E-state index >= 15 is 0 Å². The Morgan fingerprint density at radius 3 is 1.52 bits per heavy atom. The number of carboxylic acids is 1. The van der Waals surface area contributed by atoms with Gasteiger partial charge in [0, 0.05) is 18.7 Å². The summed E-state index contributed by atoms with van der Waals surface area (Å²) in [6.07, 6.45) is -0.885. The molecule has 2 N–H and O–H groups in total. The van der Waals surface area contributed by atoms with Crippen LogP contribution < -0.4 is 10.4 Å². The Labute approximate surface area is 269 Å². The standard InChI is InChI=1S/C39H36N2O5/c1-2-41(35-25-23-30(24-26-35)29-15-7-3-8-16-29)38(45)31(28-37(43)44)27-36(42)40-46-39(32-17-9-4-10-18-32,33-19-11-5-12-20-33)34-21-13-6-14-22-34/h3-26,31H,2,27-28H2,1H3,(H,40,42)(H,43,44). The van der Waals surface area contributed by atoms with E-state index in [-0.39, 0.29) is 6.42 Å². The lowest BCUT2D eigenvalue weighted by Crippen LogP contribution is -2.43. The van der Waals surface area contributed by atoms with Crippen LogP contribution in [0.5, 0.6) is 0 Å². The maximum atomic E-state index is 13.8. The molecular formula is C39H36N2O5. The Hall–Kier alpha value is -5.53. The van der Waals surface area contributed by atoms with Gasteiger partial charge in [0.1, 0.15) is 0 Å².